The molecule has 0 atom stereocenters. The molecule has 0 radical (unpaired) electrons. The van der Waals surface area contributed by atoms with Crippen LogP contribution in [0.5, 0.6) is 0 Å². The van der Waals surface area contributed by atoms with Crippen molar-refractivity contribution in [3.63, 3.8) is 0 Å². The van der Waals surface area contributed by atoms with Crippen molar-refractivity contribution in [3.8, 4) is 0 Å². The van der Waals surface area contributed by atoms with Crippen LogP contribution in [-0.2, 0) is 0 Å². The van der Waals surface area contributed by atoms with Gasteiger partial charge in [-0.3, -0.25) is 0 Å². The average Bonchev–Trinajstić information content (AvgIpc) is 2.18. The van der Waals surface area contributed by atoms with Crippen molar-refractivity contribution in [2.75, 3.05) is 17.3 Å². The van der Waals surface area contributed by atoms with Gasteiger partial charge in [0.15, 0.2) is 0 Å². The summed E-state index contributed by atoms with van der Waals surface area (Å²) in [6.45, 7) is 4.55. The summed E-state index contributed by atoms with van der Waals surface area (Å²) in [6.07, 6.45) is 0. The molecule has 2 heteroatoms. The van der Waals surface area contributed by atoms with Crippen LogP contribution in [0.4, 0.5) is 0 Å². The van der Waals surface area contributed by atoms with E-state index in [-0.39, 0.29) is 0 Å². The molecule has 0 aliphatic rings. The normalized spacial score (nSPS) is 10.8. The maximum absolute atomic E-state index is 2.28. The summed E-state index contributed by atoms with van der Waals surface area (Å²) < 4.78 is 0. The van der Waals surface area contributed by atoms with Crippen LogP contribution >= 0.6 is 23.5 Å². The Hall–Kier alpha value is -0.0800. The second-order valence-electron chi connectivity index (χ2n) is 3.63. The third-order valence-corrected chi connectivity index (χ3v) is 4.36. The van der Waals surface area contributed by atoms with Gasteiger partial charge in [-0.25, -0.2) is 0 Å². The van der Waals surface area contributed by atoms with E-state index in [1.54, 1.807) is 0 Å². The van der Waals surface area contributed by atoms with Crippen LogP contribution in [0.15, 0.2) is 35.2 Å². The van der Waals surface area contributed by atoms with Crippen LogP contribution in [0.25, 0.3) is 0 Å². The molecule has 1 aromatic rings. The van der Waals surface area contributed by atoms with Crippen LogP contribution in [0.2, 0.25) is 0 Å². The molecule has 0 fully saturated rings. The molecule has 0 heterocycles. The first-order valence-electron chi connectivity index (χ1n) is 5.04. The summed E-state index contributed by atoms with van der Waals surface area (Å²) >= 11 is 4.01. The van der Waals surface area contributed by atoms with Gasteiger partial charge in [-0.1, -0.05) is 32.0 Å². The van der Waals surface area contributed by atoms with E-state index >= 15 is 0 Å². The van der Waals surface area contributed by atoms with Gasteiger partial charge in [0.2, 0.25) is 0 Å². The van der Waals surface area contributed by atoms with Gasteiger partial charge in [0, 0.05) is 16.4 Å². The molecule has 0 saturated carbocycles. The molecule has 0 saturated heterocycles. The molecular formula is C12H18S2. The number of hydrogen-bond acceptors (Lipinski definition) is 2. The Balaban J connectivity index is 2.05. The lowest BCUT2D eigenvalue weighted by Crippen LogP contribution is -1.93. The van der Waals surface area contributed by atoms with Gasteiger partial charge >= 0.3 is 0 Å². The highest BCUT2D eigenvalue weighted by atomic mass is 32.2. The fraction of sp³-hybridized carbons (Fsp3) is 0.500. The lowest BCUT2D eigenvalue weighted by molar-refractivity contribution is 0.750. The van der Waals surface area contributed by atoms with E-state index in [1.807, 2.05) is 11.8 Å². The zero-order valence-corrected chi connectivity index (χ0v) is 10.5. The van der Waals surface area contributed by atoms with Gasteiger partial charge in [0.05, 0.1) is 0 Å². The first-order chi connectivity index (χ1) is 6.79. The Labute approximate surface area is 95.9 Å². The summed E-state index contributed by atoms with van der Waals surface area (Å²) in [6, 6.07) is 10.6. The molecule has 0 spiro atoms. The van der Waals surface area contributed by atoms with Crippen LogP contribution in [-0.4, -0.2) is 17.3 Å². The molecule has 1 aromatic carbocycles. The van der Waals surface area contributed by atoms with Crippen molar-refractivity contribution in [1.29, 1.82) is 0 Å². The lowest BCUT2D eigenvalue weighted by atomic mass is 10.3. The summed E-state index contributed by atoms with van der Waals surface area (Å²) in [4.78, 5) is 1.39. The molecule has 0 aliphatic heterocycles. The zero-order valence-electron chi connectivity index (χ0n) is 8.90. The minimum absolute atomic E-state index is 0.821. The van der Waals surface area contributed by atoms with Gasteiger partial charge in [-0.05, 0) is 23.8 Å². The standard InChI is InChI=1S/C12H18S2/c1-11(2)10-13-8-9-14-12-6-4-3-5-7-12/h3-7,11H,8-10H2,1-2H3. The smallest absolute Gasteiger partial charge is 0.00722 e. The van der Waals surface area contributed by atoms with E-state index in [4.69, 9.17) is 0 Å². The summed E-state index contributed by atoms with van der Waals surface area (Å²) in [5, 5.41) is 0. The van der Waals surface area contributed by atoms with E-state index in [9.17, 15) is 0 Å². The zero-order chi connectivity index (χ0) is 10.2. The average molecular weight is 226 g/mol. The Morgan fingerprint density at radius 2 is 1.79 bits per heavy atom. The fourth-order valence-corrected chi connectivity index (χ4v) is 3.08. The monoisotopic (exact) mass is 226 g/mol. The second-order valence-corrected chi connectivity index (χ2v) is 5.95. The van der Waals surface area contributed by atoms with Crippen molar-refractivity contribution >= 4 is 23.5 Å². The van der Waals surface area contributed by atoms with Crippen molar-refractivity contribution in [2.24, 2.45) is 5.92 Å². The predicted molar refractivity (Wildman–Crippen MR) is 69.3 cm³/mol. The molecule has 0 aromatic heterocycles. The third-order valence-electron chi connectivity index (χ3n) is 1.69. The molecule has 1 rings (SSSR count). The van der Waals surface area contributed by atoms with Gasteiger partial charge in [0.1, 0.15) is 0 Å². The summed E-state index contributed by atoms with van der Waals surface area (Å²) in [5.74, 6) is 4.59. The predicted octanol–water partition coefficient (Wildman–Crippen LogP) is 4.17. The maximum atomic E-state index is 2.28. The first kappa shape index (κ1) is 12.0. The quantitative estimate of drug-likeness (QED) is 0.527. The van der Waals surface area contributed by atoms with E-state index in [1.165, 1.54) is 22.2 Å². The molecule has 0 unspecified atom stereocenters. The number of benzene rings is 1. The van der Waals surface area contributed by atoms with Crippen LogP contribution in [0.3, 0.4) is 0 Å². The Morgan fingerprint density at radius 3 is 2.43 bits per heavy atom. The Kier molecular flexibility index (Phi) is 6.20. The summed E-state index contributed by atoms with van der Waals surface area (Å²) in [5.41, 5.74) is 0. The van der Waals surface area contributed by atoms with E-state index in [2.05, 4.69) is 55.9 Å². The van der Waals surface area contributed by atoms with E-state index in [0.29, 0.717) is 0 Å². The maximum Gasteiger partial charge on any atom is 0.00722 e. The molecule has 0 N–H and O–H groups in total. The van der Waals surface area contributed by atoms with Crippen molar-refractivity contribution in [3.05, 3.63) is 30.3 Å². The van der Waals surface area contributed by atoms with Crippen LogP contribution in [0.1, 0.15) is 13.8 Å². The molecule has 78 valence electrons. The Morgan fingerprint density at radius 1 is 1.07 bits per heavy atom. The van der Waals surface area contributed by atoms with Gasteiger partial charge < -0.3 is 0 Å². The molecule has 0 amide bonds. The molecular weight excluding hydrogens is 208 g/mol. The third kappa shape index (κ3) is 5.61. The molecule has 14 heavy (non-hydrogen) atoms. The van der Waals surface area contributed by atoms with E-state index in [0.717, 1.165) is 5.92 Å². The highest BCUT2D eigenvalue weighted by Crippen LogP contribution is 2.19. The molecule has 0 nitrogen and oxygen atoms in total. The number of thioether (sulfide) groups is 2. The van der Waals surface area contributed by atoms with Gasteiger partial charge in [-0.15, -0.1) is 11.8 Å². The van der Waals surface area contributed by atoms with Crippen molar-refractivity contribution in [2.45, 2.75) is 18.7 Å². The van der Waals surface area contributed by atoms with E-state index < -0.39 is 0 Å². The van der Waals surface area contributed by atoms with Gasteiger partial charge in [-0.2, -0.15) is 11.8 Å². The summed E-state index contributed by atoms with van der Waals surface area (Å²) in [7, 11) is 0. The molecule has 0 bridgehead atoms. The van der Waals surface area contributed by atoms with Crippen LogP contribution in [0, 0.1) is 5.92 Å². The topological polar surface area (TPSA) is 0 Å². The number of rotatable bonds is 6. The minimum Gasteiger partial charge on any atom is -0.161 e. The highest BCUT2D eigenvalue weighted by molar-refractivity contribution is 8.02. The van der Waals surface area contributed by atoms with Crippen LogP contribution < -0.4 is 0 Å². The first-order valence-corrected chi connectivity index (χ1v) is 7.18. The van der Waals surface area contributed by atoms with Gasteiger partial charge in [0.25, 0.3) is 0 Å². The van der Waals surface area contributed by atoms with Crippen molar-refractivity contribution < 1.29 is 0 Å². The molecule has 0 aliphatic carbocycles. The number of hydrogen-bond donors (Lipinski definition) is 0. The second kappa shape index (κ2) is 7.24. The van der Waals surface area contributed by atoms with Crippen molar-refractivity contribution in [1.82, 2.24) is 0 Å². The fourth-order valence-electron chi connectivity index (χ4n) is 1.05. The Bertz CT molecular complexity index is 231. The lowest BCUT2D eigenvalue weighted by Gasteiger charge is -2.04. The minimum atomic E-state index is 0.821. The highest BCUT2D eigenvalue weighted by Gasteiger charge is 1.95. The SMILES string of the molecule is CC(C)CSCCSc1ccccc1. The largest absolute Gasteiger partial charge is 0.161 e.